The van der Waals surface area contributed by atoms with Crippen LogP contribution in [-0.4, -0.2) is 99.7 Å². The highest BCUT2D eigenvalue weighted by atomic mass is 32.1. The molecule has 2 aliphatic rings. The van der Waals surface area contributed by atoms with E-state index in [0.29, 0.717) is 19.0 Å². The van der Waals surface area contributed by atoms with E-state index in [9.17, 15) is 64.5 Å². The molecule has 1 amide bonds. The zero-order chi connectivity index (χ0) is 45.2. The van der Waals surface area contributed by atoms with Gasteiger partial charge in [0.15, 0.2) is 12.2 Å². The summed E-state index contributed by atoms with van der Waals surface area (Å²) in [7, 11) is 0. The zero-order valence-electron chi connectivity index (χ0n) is 32.2. The highest BCUT2D eigenvalue weighted by Crippen LogP contribution is 2.52. The van der Waals surface area contributed by atoms with Crippen molar-refractivity contribution in [3.63, 3.8) is 0 Å². The molecule has 1 aliphatic carbocycles. The summed E-state index contributed by atoms with van der Waals surface area (Å²) in [6, 6.07) is 4.11. The van der Waals surface area contributed by atoms with E-state index in [1.54, 1.807) is 0 Å². The molecule has 6 atom stereocenters. The van der Waals surface area contributed by atoms with Gasteiger partial charge in [-0.1, -0.05) is 12.1 Å². The van der Waals surface area contributed by atoms with Gasteiger partial charge in [0.1, 0.15) is 29.5 Å². The molecule has 61 heavy (non-hydrogen) atoms. The van der Waals surface area contributed by atoms with Gasteiger partial charge in [-0.15, -0.1) is 11.3 Å². The molecule has 1 saturated carbocycles. The molecule has 5 rings (SSSR count). The standard InChI is InChI=1S/C37H37F8N3O12S/c1-16(49)48-29-31(57-19(4)52)30(56-18(3)51)26(15-55-17(2)50)59-32(29)60-28-10-5-20(13-46-28)11-23(21-6-9-24(35(38,39)54)25(12-21)58-22-7-8-22)27-14-47-33(61-27)34(53,36(40,41)42)37(43,44)45/h5-6,9-10,12-14,22-23,26,29-32,53-54H,7-8,11,15H2,1-4H3,(H,48,49)/t23-,26?,29+,30+,31?,32-/m0/s1. The molecular weight excluding hydrogens is 862 g/mol. The van der Waals surface area contributed by atoms with E-state index in [0.717, 1.165) is 45.9 Å². The lowest BCUT2D eigenvalue weighted by atomic mass is 9.90. The first-order valence-corrected chi connectivity index (χ1v) is 18.8. The molecule has 2 unspecified atom stereocenters. The Morgan fingerprint density at radius 3 is 2.02 bits per heavy atom. The number of aliphatic hydroxyl groups is 2. The van der Waals surface area contributed by atoms with Crippen LogP contribution in [0.1, 0.15) is 73.0 Å². The lowest BCUT2D eigenvalue weighted by Crippen LogP contribution is -2.67. The Bertz CT molecular complexity index is 2060. The number of hydrogen-bond acceptors (Lipinski definition) is 15. The molecule has 2 aromatic heterocycles. The number of halogens is 8. The van der Waals surface area contributed by atoms with Gasteiger partial charge in [-0.05, 0) is 42.5 Å². The van der Waals surface area contributed by atoms with Crippen molar-refractivity contribution in [2.45, 2.75) is 114 Å². The van der Waals surface area contributed by atoms with E-state index in [1.807, 2.05) is 0 Å². The van der Waals surface area contributed by atoms with Gasteiger partial charge in [0, 0.05) is 57.0 Å². The molecule has 3 aromatic rings. The highest BCUT2D eigenvalue weighted by molar-refractivity contribution is 7.11. The van der Waals surface area contributed by atoms with Gasteiger partial charge < -0.3 is 44.0 Å². The van der Waals surface area contributed by atoms with Crippen LogP contribution in [0, 0.1) is 0 Å². The van der Waals surface area contributed by atoms with Gasteiger partial charge in [-0.3, -0.25) is 19.2 Å². The van der Waals surface area contributed by atoms with Crippen molar-refractivity contribution < 1.29 is 92.9 Å². The molecule has 15 nitrogen and oxygen atoms in total. The molecule has 334 valence electrons. The largest absolute Gasteiger partial charge is 0.490 e. The molecule has 1 aromatic carbocycles. The maximum absolute atomic E-state index is 14.2. The number of alkyl halides is 8. The molecule has 3 heterocycles. The number of esters is 3. The number of hydrogen-bond donors (Lipinski definition) is 3. The number of aromatic nitrogens is 2. The van der Waals surface area contributed by atoms with E-state index in [4.69, 9.17) is 28.4 Å². The third-order valence-corrected chi connectivity index (χ3v) is 10.3. The minimum absolute atomic E-state index is 0.0214. The van der Waals surface area contributed by atoms with Crippen LogP contribution in [0.4, 0.5) is 35.1 Å². The number of ether oxygens (including phenoxy) is 6. The normalized spacial score (nSPS) is 21.5. The van der Waals surface area contributed by atoms with Crippen LogP contribution in [0.5, 0.6) is 11.6 Å². The monoisotopic (exact) mass is 899 g/mol. The molecule has 24 heteroatoms. The summed E-state index contributed by atoms with van der Waals surface area (Å²) in [4.78, 5) is 55.4. The number of carbonyl (C=O) groups excluding carboxylic acids is 4. The molecule has 1 saturated heterocycles. The van der Waals surface area contributed by atoms with Crippen LogP contribution >= 0.6 is 11.3 Å². The van der Waals surface area contributed by atoms with Gasteiger partial charge >= 0.3 is 42.0 Å². The van der Waals surface area contributed by atoms with Gasteiger partial charge in [0.2, 0.25) is 18.1 Å². The van der Waals surface area contributed by atoms with Crippen molar-refractivity contribution in [2.75, 3.05) is 6.61 Å². The summed E-state index contributed by atoms with van der Waals surface area (Å²) in [6.07, 6.45) is -20.7. The number of nitrogens with one attached hydrogen (secondary N) is 1. The smallest absolute Gasteiger partial charge is 0.433 e. The van der Waals surface area contributed by atoms with Crippen molar-refractivity contribution in [2.24, 2.45) is 0 Å². The molecule has 1 aliphatic heterocycles. The number of carbonyl (C=O) groups is 4. The summed E-state index contributed by atoms with van der Waals surface area (Å²) < 4.78 is 145. The highest BCUT2D eigenvalue weighted by Gasteiger charge is 2.73. The Kier molecular flexibility index (Phi) is 13.8. The Balaban J connectivity index is 1.52. The third-order valence-electron chi connectivity index (χ3n) is 9.09. The summed E-state index contributed by atoms with van der Waals surface area (Å²) in [6.45, 7) is 3.73. The Labute approximate surface area is 344 Å². The van der Waals surface area contributed by atoms with Crippen LogP contribution in [0.25, 0.3) is 0 Å². The van der Waals surface area contributed by atoms with E-state index in [1.165, 1.54) is 18.3 Å². The van der Waals surface area contributed by atoms with E-state index in [2.05, 4.69) is 15.3 Å². The Morgan fingerprint density at radius 1 is 0.852 bits per heavy atom. The van der Waals surface area contributed by atoms with Gasteiger partial charge in [0.25, 0.3) is 0 Å². The quantitative estimate of drug-likeness (QED) is 0.106. The second-order valence-corrected chi connectivity index (χ2v) is 15.0. The molecule has 0 bridgehead atoms. The summed E-state index contributed by atoms with van der Waals surface area (Å²) in [5, 5.41) is 20.3. The Hall–Kier alpha value is -5.20. The fourth-order valence-corrected chi connectivity index (χ4v) is 7.39. The fraction of sp³-hybridized carbons (Fsp3) is 0.514. The number of thiazole rings is 1. The lowest BCUT2D eigenvalue weighted by molar-refractivity contribution is -0.376. The second-order valence-electron chi connectivity index (χ2n) is 14.0. The fourth-order valence-electron chi connectivity index (χ4n) is 6.22. The second kappa shape index (κ2) is 18.0. The van der Waals surface area contributed by atoms with Gasteiger partial charge in [-0.25, -0.2) is 9.97 Å². The van der Waals surface area contributed by atoms with E-state index >= 15 is 0 Å². The van der Waals surface area contributed by atoms with Crippen molar-refractivity contribution in [1.82, 2.24) is 15.3 Å². The number of nitrogens with zero attached hydrogens (tertiary/aromatic N) is 2. The van der Waals surface area contributed by atoms with Crippen LogP contribution in [0.15, 0.2) is 42.7 Å². The number of benzene rings is 1. The number of rotatable bonds is 15. The van der Waals surface area contributed by atoms with Crippen LogP contribution in [-0.2, 0) is 56.3 Å². The van der Waals surface area contributed by atoms with Crippen molar-refractivity contribution >= 4 is 35.2 Å². The first-order chi connectivity index (χ1) is 28.3. The third kappa shape index (κ3) is 11.2. The minimum atomic E-state index is -6.25. The summed E-state index contributed by atoms with van der Waals surface area (Å²) in [5.41, 5.74) is -6.07. The van der Waals surface area contributed by atoms with Crippen LogP contribution in [0.3, 0.4) is 0 Å². The average molecular weight is 900 g/mol. The molecule has 0 spiro atoms. The number of amides is 1. The maximum Gasteiger partial charge on any atom is 0.433 e. The molecule has 3 N–H and O–H groups in total. The first-order valence-electron chi connectivity index (χ1n) is 18.0. The minimum Gasteiger partial charge on any atom is -0.490 e. The van der Waals surface area contributed by atoms with Crippen molar-refractivity contribution in [1.29, 1.82) is 0 Å². The average Bonchev–Trinajstić information content (AvgIpc) is 3.81. The Morgan fingerprint density at radius 2 is 1.49 bits per heavy atom. The molecule has 2 fully saturated rings. The van der Waals surface area contributed by atoms with Crippen LogP contribution in [0.2, 0.25) is 0 Å². The first kappa shape index (κ1) is 46.9. The molecular formula is C37H37F8N3O12S. The zero-order valence-corrected chi connectivity index (χ0v) is 33.0. The van der Waals surface area contributed by atoms with Crippen molar-refractivity contribution in [3.8, 4) is 11.6 Å². The van der Waals surface area contributed by atoms with Crippen molar-refractivity contribution in [3.05, 3.63) is 69.3 Å². The van der Waals surface area contributed by atoms with E-state index in [-0.39, 0.29) is 39.6 Å². The predicted octanol–water partition coefficient (Wildman–Crippen LogP) is 4.84. The summed E-state index contributed by atoms with van der Waals surface area (Å²) in [5.74, 6) is -5.16. The topological polar surface area (TPSA) is 202 Å². The van der Waals surface area contributed by atoms with Gasteiger partial charge in [-0.2, -0.15) is 35.1 Å². The predicted molar refractivity (Wildman–Crippen MR) is 189 cm³/mol. The SMILES string of the molecule is CC(=O)N[C@@H]1C(OC(C)=O)[C@H](OC(C)=O)C(COC(C)=O)O[C@H]1Oc1ccc(C[C@@H](c2ccc(C(O)(F)F)c(OC3CC3)c2)c2cnc(C(O)(C(F)(F)F)C(F)(F)F)s2)cn1. The summed E-state index contributed by atoms with van der Waals surface area (Å²) >= 11 is -0.131. The van der Waals surface area contributed by atoms with Gasteiger partial charge in [0.05, 0.1) is 11.7 Å². The van der Waals surface area contributed by atoms with E-state index < -0.39 is 113 Å². The molecule has 0 radical (unpaired) electrons. The lowest BCUT2D eigenvalue weighted by Gasteiger charge is -2.44. The maximum atomic E-state index is 14.2. The number of pyridine rings is 1. The van der Waals surface area contributed by atoms with Crippen LogP contribution < -0.4 is 14.8 Å².